The van der Waals surface area contributed by atoms with Crippen LogP contribution >= 0.6 is 12.4 Å². The summed E-state index contributed by atoms with van der Waals surface area (Å²) in [5, 5.41) is 3.22. The summed E-state index contributed by atoms with van der Waals surface area (Å²) in [6.45, 7) is 7.09. The van der Waals surface area contributed by atoms with Gasteiger partial charge in [-0.2, -0.15) is 13.2 Å². The molecular weight excluding hydrogens is 289 g/mol. The van der Waals surface area contributed by atoms with Gasteiger partial charge in [0.2, 0.25) is 0 Å². The molecule has 1 heterocycles. The van der Waals surface area contributed by atoms with Crippen LogP contribution in [0.5, 0.6) is 0 Å². The largest absolute Gasteiger partial charge is 0.416 e. The van der Waals surface area contributed by atoms with Gasteiger partial charge in [0.1, 0.15) is 0 Å². The van der Waals surface area contributed by atoms with Crippen LogP contribution in [0.15, 0.2) is 36.9 Å². The molecule has 0 aliphatic carbocycles. The molecule has 2 rings (SSSR count). The molecule has 1 aromatic carbocycles. The Balaban J connectivity index is 0.00000200. The minimum Gasteiger partial charge on any atom is -0.314 e. The maximum atomic E-state index is 12.7. The molecular formula is C14H18ClF3N2. The fourth-order valence-corrected chi connectivity index (χ4v) is 2.36. The number of nitrogens with one attached hydrogen (secondary N) is 1. The molecule has 0 aromatic heterocycles. The van der Waals surface area contributed by atoms with Crippen LogP contribution < -0.4 is 5.32 Å². The maximum absolute atomic E-state index is 12.7. The van der Waals surface area contributed by atoms with E-state index in [1.54, 1.807) is 12.1 Å². The van der Waals surface area contributed by atoms with Crippen molar-refractivity contribution in [2.45, 2.75) is 12.2 Å². The quantitative estimate of drug-likeness (QED) is 0.862. The zero-order valence-corrected chi connectivity index (χ0v) is 11.8. The van der Waals surface area contributed by atoms with E-state index >= 15 is 0 Å². The summed E-state index contributed by atoms with van der Waals surface area (Å²) in [6, 6.07) is 5.33. The molecule has 1 N–H and O–H groups in total. The molecule has 0 unspecified atom stereocenters. The van der Waals surface area contributed by atoms with Crippen molar-refractivity contribution in [1.29, 1.82) is 0 Å². The van der Waals surface area contributed by atoms with Crippen LogP contribution in [0.4, 0.5) is 13.2 Å². The van der Waals surface area contributed by atoms with Crippen molar-refractivity contribution >= 4 is 12.4 Å². The number of hydrogen-bond acceptors (Lipinski definition) is 2. The Hall–Kier alpha value is -1.04. The number of benzene rings is 1. The summed E-state index contributed by atoms with van der Waals surface area (Å²) < 4.78 is 38.2. The molecule has 0 bridgehead atoms. The van der Waals surface area contributed by atoms with Crippen molar-refractivity contribution < 1.29 is 13.2 Å². The first kappa shape index (κ1) is 17.0. The summed E-state index contributed by atoms with van der Waals surface area (Å²) in [5.41, 5.74) is 0.0405. The Kier molecular flexibility index (Phi) is 6.05. The smallest absolute Gasteiger partial charge is 0.314 e. The van der Waals surface area contributed by atoms with Crippen molar-refractivity contribution in [1.82, 2.24) is 10.2 Å². The minimum atomic E-state index is -4.30. The highest BCUT2D eigenvalue weighted by Gasteiger charge is 2.31. The Bertz CT molecular complexity index is 442. The molecule has 0 radical (unpaired) electrons. The van der Waals surface area contributed by atoms with E-state index < -0.39 is 11.7 Å². The van der Waals surface area contributed by atoms with Crippen LogP contribution in [0, 0.1) is 0 Å². The number of rotatable bonds is 3. The van der Waals surface area contributed by atoms with Crippen molar-refractivity contribution in [3.8, 4) is 0 Å². The first-order chi connectivity index (χ1) is 9.02. The predicted octanol–water partition coefficient (Wildman–Crippen LogP) is 3.26. The highest BCUT2D eigenvalue weighted by molar-refractivity contribution is 5.85. The second kappa shape index (κ2) is 7.11. The SMILES string of the molecule is C=C[C@@H](c1cccc(C(F)(F)F)c1)N1CCNCC1.Cl. The molecule has 0 spiro atoms. The number of halogens is 4. The maximum Gasteiger partial charge on any atom is 0.416 e. The Morgan fingerprint density at radius 1 is 1.25 bits per heavy atom. The Labute approximate surface area is 123 Å². The minimum absolute atomic E-state index is 0. The van der Waals surface area contributed by atoms with E-state index in [-0.39, 0.29) is 18.4 Å². The lowest BCUT2D eigenvalue weighted by Gasteiger charge is -2.33. The van der Waals surface area contributed by atoms with Gasteiger partial charge in [0.15, 0.2) is 0 Å². The molecule has 1 atom stereocenters. The molecule has 1 aliphatic rings. The fraction of sp³-hybridized carbons (Fsp3) is 0.429. The molecule has 112 valence electrons. The Morgan fingerprint density at radius 2 is 1.90 bits per heavy atom. The van der Waals surface area contributed by atoms with E-state index in [4.69, 9.17) is 0 Å². The van der Waals surface area contributed by atoms with Crippen molar-refractivity contribution in [2.75, 3.05) is 26.2 Å². The third-order valence-electron chi connectivity index (χ3n) is 3.32. The molecule has 2 nitrogen and oxygen atoms in total. The lowest BCUT2D eigenvalue weighted by Crippen LogP contribution is -2.44. The van der Waals surface area contributed by atoms with Gasteiger partial charge in [-0.25, -0.2) is 0 Å². The van der Waals surface area contributed by atoms with Gasteiger partial charge in [-0.05, 0) is 17.7 Å². The molecule has 1 aromatic rings. The van der Waals surface area contributed by atoms with Gasteiger partial charge >= 0.3 is 6.18 Å². The zero-order chi connectivity index (χ0) is 13.9. The molecule has 20 heavy (non-hydrogen) atoms. The van der Waals surface area contributed by atoms with Crippen molar-refractivity contribution in [3.63, 3.8) is 0 Å². The van der Waals surface area contributed by atoms with E-state index in [2.05, 4.69) is 16.8 Å². The molecule has 0 amide bonds. The van der Waals surface area contributed by atoms with Crippen LogP contribution in [0.25, 0.3) is 0 Å². The van der Waals surface area contributed by atoms with Crippen LogP contribution in [0.2, 0.25) is 0 Å². The fourth-order valence-electron chi connectivity index (χ4n) is 2.36. The number of piperazine rings is 1. The van der Waals surface area contributed by atoms with E-state index in [0.29, 0.717) is 5.56 Å². The zero-order valence-electron chi connectivity index (χ0n) is 11.0. The summed E-state index contributed by atoms with van der Waals surface area (Å²) in [7, 11) is 0. The second-order valence-corrected chi connectivity index (χ2v) is 4.59. The molecule has 1 saturated heterocycles. The average molecular weight is 307 g/mol. The average Bonchev–Trinajstić information content (AvgIpc) is 2.40. The van der Waals surface area contributed by atoms with Crippen LogP contribution in [-0.2, 0) is 6.18 Å². The normalized spacial score (nSPS) is 18.1. The van der Waals surface area contributed by atoms with Crippen LogP contribution in [0.3, 0.4) is 0 Å². The lowest BCUT2D eigenvalue weighted by molar-refractivity contribution is -0.137. The predicted molar refractivity (Wildman–Crippen MR) is 76.1 cm³/mol. The highest BCUT2D eigenvalue weighted by Crippen LogP contribution is 2.32. The monoisotopic (exact) mass is 306 g/mol. The van der Waals surface area contributed by atoms with E-state index in [1.165, 1.54) is 12.1 Å². The third-order valence-corrected chi connectivity index (χ3v) is 3.32. The van der Waals surface area contributed by atoms with Gasteiger partial charge in [0, 0.05) is 26.2 Å². The van der Waals surface area contributed by atoms with E-state index in [0.717, 1.165) is 32.2 Å². The molecule has 1 aliphatic heterocycles. The van der Waals surface area contributed by atoms with Gasteiger partial charge in [-0.1, -0.05) is 18.2 Å². The second-order valence-electron chi connectivity index (χ2n) is 4.59. The van der Waals surface area contributed by atoms with Crippen LogP contribution in [-0.4, -0.2) is 31.1 Å². The number of nitrogens with zero attached hydrogens (tertiary/aromatic N) is 1. The summed E-state index contributed by atoms with van der Waals surface area (Å²) in [6.07, 6.45) is -2.59. The van der Waals surface area contributed by atoms with Gasteiger partial charge in [0.25, 0.3) is 0 Å². The van der Waals surface area contributed by atoms with Crippen molar-refractivity contribution in [2.24, 2.45) is 0 Å². The van der Waals surface area contributed by atoms with E-state index in [9.17, 15) is 13.2 Å². The summed E-state index contributed by atoms with van der Waals surface area (Å²) in [4.78, 5) is 2.14. The molecule has 6 heteroatoms. The van der Waals surface area contributed by atoms with Crippen molar-refractivity contribution in [3.05, 3.63) is 48.0 Å². The standard InChI is InChI=1S/C14H17F3N2.ClH/c1-2-13(19-8-6-18-7-9-19)11-4-3-5-12(10-11)14(15,16)17;/h2-5,10,13,18H,1,6-9H2;1H/t13-;/m0./s1. The van der Waals surface area contributed by atoms with Gasteiger partial charge in [0.05, 0.1) is 11.6 Å². The van der Waals surface area contributed by atoms with Gasteiger partial charge in [-0.3, -0.25) is 4.90 Å². The first-order valence-electron chi connectivity index (χ1n) is 6.27. The molecule has 0 saturated carbocycles. The summed E-state index contributed by atoms with van der Waals surface area (Å²) in [5.74, 6) is 0. The third kappa shape index (κ3) is 3.98. The molecule has 1 fully saturated rings. The Morgan fingerprint density at radius 3 is 2.45 bits per heavy atom. The van der Waals surface area contributed by atoms with E-state index in [1.807, 2.05) is 0 Å². The highest BCUT2D eigenvalue weighted by atomic mass is 35.5. The number of alkyl halides is 3. The first-order valence-corrected chi connectivity index (χ1v) is 6.27. The lowest BCUT2D eigenvalue weighted by atomic mass is 10.0. The van der Waals surface area contributed by atoms with Crippen LogP contribution in [0.1, 0.15) is 17.2 Å². The summed E-state index contributed by atoms with van der Waals surface area (Å²) >= 11 is 0. The van der Waals surface area contributed by atoms with Gasteiger partial charge < -0.3 is 5.32 Å². The number of hydrogen-bond donors (Lipinski definition) is 1. The van der Waals surface area contributed by atoms with Gasteiger partial charge in [-0.15, -0.1) is 19.0 Å². The topological polar surface area (TPSA) is 15.3 Å².